The molecule has 6 heteroatoms. The Bertz CT molecular complexity index is 554. The predicted molar refractivity (Wildman–Crippen MR) is 70.4 cm³/mol. The fourth-order valence-electron chi connectivity index (χ4n) is 1.96. The molecule has 104 valence electrons. The first-order valence-corrected chi connectivity index (χ1v) is 6.13. The van der Waals surface area contributed by atoms with Crippen molar-refractivity contribution in [1.29, 1.82) is 0 Å². The molecule has 1 aromatic carbocycles. The Kier molecular flexibility index (Phi) is 4.14. The Labute approximate surface area is 115 Å². The van der Waals surface area contributed by atoms with Gasteiger partial charge < -0.3 is 5.11 Å². The minimum atomic E-state index is -1.22. The molecule has 3 N–H and O–H groups in total. The van der Waals surface area contributed by atoms with Crippen LogP contribution in [0.3, 0.4) is 0 Å². The first-order chi connectivity index (χ1) is 9.58. The number of carboxylic acids is 1. The number of hydrogen-bond acceptors (Lipinski definition) is 3. The predicted octanol–water partition coefficient (Wildman–Crippen LogP) is 0.578. The van der Waals surface area contributed by atoms with Crippen LogP contribution >= 0.6 is 0 Å². The average Bonchev–Trinajstić information content (AvgIpc) is 3.24. The van der Waals surface area contributed by atoms with Crippen LogP contribution in [0, 0.1) is 5.92 Å². The van der Waals surface area contributed by atoms with Gasteiger partial charge in [-0.3, -0.25) is 20.4 Å². The molecule has 0 aliphatic heterocycles. The minimum absolute atomic E-state index is 0.152. The Hall–Kier alpha value is -2.63. The molecule has 0 radical (unpaired) electrons. The van der Waals surface area contributed by atoms with Gasteiger partial charge in [0.15, 0.2) is 0 Å². The van der Waals surface area contributed by atoms with Crippen molar-refractivity contribution in [3.8, 4) is 0 Å². The zero-order valence-corrected chi connectivity index (χ0v) is 10.6. The number of aliphatic carboxylic acids is 1. The molecule has 0 bridgehead atoms. The maximum atomic E-state index is 11.8. The van der Waals surface area contributed by atoms with Crippen molar-refractivity contribution in [3.05, 3.63) is 48.0 Å². The summed E-state index contributed by atoms with van der Waals surface area (Å²) in [4.78, 5) is 33.1. The molecule has 1 saturated carbocycles. The summed E-state index contributed by atoms with van der Waals surface area (Å²) < 4.78 is 0. The van der Waals surface area contributed by atoms with Crippen molar-refractivity contribution in [2.24, 2.45) is 5.92 Å². The minimum Gasteiger partial charge on any atom is -0.478 e. The van der Waals surface area contributed by atoms with E-state index in [1.807, 2.05) is 30.3 Å². The van der Waals surface area contributed by atoms with E-state index in [0.717, 1.165) is 18.1 Å². The quantitative estimate of drug-likeness (QED) is 0.553. The Morgan fingerprint density at radius 2 is 1.80 bits per heavy atom. The van der Waals surface area contributed by atoms with Gasteiger partial charge in [0.1, 0.15) is 0 Å². The van der Waals surface area contributed by atoms with Gasteiger partial charge in [-0.05, 0) is 17.9 Å². The molecule has 0 spiro atoms. The van der Waals surface area contributed by atoms with Gasteiger partial charge in [0.25, 0.3) is 5.91 Å². The van der Waals surface area contributed by atoms with E-state index in [1.54, 1.807) is 0 Å². The third-order valence-electron chi connectivity index (χ3n) is 3.04. The third-order valence-corrected chi connectivity index (χ3v) is 3.04. The molecule has 1 aromatic rings. The molecule has 0 heterocycles. The number of carboxylic acid groups (broad SMARTS) is 1. The molecule has 2 amide bonds. The number of nitrogens with one attached hydrogen (secondary N) is 2. The molecule has 2 atom stereocenters. The van der Waals surface area contributed by atoms with Crippen molar-refractivity contribution in [3.63, 3.8) is 0 Å². The van der Waals surface area contributed by atoms with Gasteiger partial charge in [-0.2, -0.15) is 0 Å². The highest BCUT2D eigenvalue weighted by molar-refractivity contribution is 5.95. The molecule has 6 nitrogen and oxygen atoms in total. The SMILES string of the molecule is O=C(O)/C=C\C(=O)NNC(=O)[C@H]1C[C@H]1c1ccccc1. The molecule has 0 saturated heterocycles. The molecular formula is C14H14N2O4. The lowest BCUT2D eigenvalue weighted by atomic mass is 10.1. The van der Waals surface area contributed by atoms with Crippen LogP contribution in [0.25, 0.3) is 0 Å². The van der Waals surface area contributed by atoms with Crippen LogP contribution < -0.4 is 10.9 Å². The van der Waals surface area contributed by atoms with Crippen LogP contribution in [0.1, 0.15) is 17.9 Å². The lowest BCUT2D eigenvalue weighted by Crippen LogP contribution is -2.41. The zero-order valence-electron chi connectivity index (χ0n) is 10.6. The number of carbonyl (C=O) groups excluding carboxylic acids is 2. The van der Waals surface area contributed by atoms with E-state index < -0.39 is 11.9 Å². The zero-order chi connectivity index (χ0) is 14.5. The average molecular weight is 274 g/mol. The third kappa shape index (κ3) is 3.68. The van der Waals surface area contributed by atoms with Crippen LogP contribution in [0.2, 0.25) is 0 Å². The summed E-state index contributed by atoms with van der Waals surface area (Å²) in [7, 11) is 0. The van der Waals surface area contributed by atoms with Crippen LogP contribution in [-0.2, 0) is 14.4 Å². The van der Waals surface area contributed by atoms with E-state index in [0.29, 0.717) is 6.08 Å². The summed E-state index contributed by atoms with van der Waals surface area (Å²) in [6, 6.07) is 9.68. The topological polar surface area (TPSA) is 95.5 Å². The van der Waals surface area contributed by atoms with E-state index in [4.69, 9.17) is 5.11 Å². The number of hydrogen-bond donors (Lipinski definition) is 3. The summed E-state index contributed by atoms with van der Waals surface area (Å²) in [6.45, 7) is 0. The highest BCUT2D eigenvalue weighted by Crippen LogP contribution is 2.47. The molecule has 0 aromatic heterocycles. The first-order valence-electron chi connectivity index (χ1n) is 6.13. The summed E-state index contributed by atoms with van der Waals surface area (Å²) in [5.74, 6) is -2.14. The largest absolute Gasteiger partial charge is 0.478 e. The van der Waals surface area contributed by atoms with Crippen LogP contribution in [-0.4, -0.2) is 22.9 Å². The van der Waals surface area contributed by atoms with E-state index >= 15 is 0 Å². The fourth-order valence-corrected chi connectivity index (χ4v) is 1.96. The molecule has 2 rings (SSSR count). The molecule has 0 unspecified atom stereocenters. The smallest absolute Gasteiger partial charge is 0.328 e. The van der Waals surface area contributed by atoms with Crippen LogP contribution in [0.4, 0.5) is 0 Å². The summed E-state index contributed by atoms with van der Waals surface area (Å²) in [6.07, 6.45) is 2.28. The molecule has 20 heavy (non-hydrogen) atoms. The van der Waals surface area contributed by atoms with E-state index in [2.05, 4.69) is 10.9 Å². The first kappa shape index (κ1) is 13.8. The monoisotopic (exact) mass is 274 g/mol. The number of hydrazine groups is 1. The van der Waals surface area contributed by atoms with Gasteiger partial charge in [0, 0.05) is 18.1 Å². The molecule has 1 aliphatic rings. The lowest BCUT2D eigenvalue weighted by molar-refractivity contribution is -0.131. The number of carbonyl (C=O) groups is 3. The number of rotatable bonds is 4. The summed E-state index contributed by atoms with van der Waals surface area (Å²) in [5, 5.41) is 8.34. The second-order valence-electron chi connectivity index (χ2n) is 4.51. The highest BCUT2D eigenvalue weighted by atomic mass is 16.4. The lowest BCUT2D eigenvalue weighted by Gasteiger charge is -2.04. The molecule has 1 fully saturated rings. The Morgan fingerprint density at radius 1 is 1.10 bits per heavy atom. The highest BCUT2D eigenvalue weighted by Gasteiger charge is 2.43. The Morgan fingerprint density at radius 3 is 2.45 bits per heavy atom. The van der Waals surface area contributed by atoms with Gasteiger partial charge in [-0.1, -0.05) is 30.3 Å². The number of amides is 2. The fraction of sp³-hybridized carbons (Fsp3) is 0.214. The standard InChI is InChI=1S/C14H14N2O4/c17-12(6-7-13(18)19)15-16-14(20)11-8-10(11)9-4-2-1-3-5-9/h1-7,10-11H,8H2,(H,15,17)(H,16,20)(H,18,19)/b7-6-/t10-,11-/m0/s1. The van der Waals surface area contributed by atoms with Crippen LogP contribution in [0.15, 0.2) is 42.5 Å². The maximum Gasteiger partial charge on any atom is 0.328 e. The van der Waals surface area contributed by atoms with Gasteiger partial charge in [0.2, 0.25) is 5.91 Å². The van der Waals surface area contributed by atoms with Crippen molar-refractivity contribution in [2.75, 3.05) is 0 Å². The van der Waals surface area contributed by atoms with E-state index in [1.165, 1.54) is 0 Å². The second kappa shape index (κ2) is 6.01. The molecular weight excluding hydrogens is 260 g/mol. The second-order valence-corrected chi connectivity index (χ2v) is 4.51. The van der Waals surface area contributed by atoms with E-state index in [9.17, 15) is 14.4 Å². The normalized spacial score (nSPS) is 20.4. The van der Waals surface area contributed by atoms with Crippen molar-refractivity contribution < 1.29 is 19.5 Å². The summed E-state index contributed by atoms with van der Waals surface area (Å²) in [5.41, 5.74) is 5.53. The van der Waals surface area contributed by atoms with Gasteiger partial charge >= 0.3 is 5.97 Å². The Balaban J connectivity index is 1.77. The maximum absolute atomic E-state index is 11.8. The van der Waals surface area contributed by atoms with Crippen molar-refractivity contribution >= 4 is 17.8 Å². The van der Waals surface area contributed by atoms with E-state index in [-0.39, 0.29) is 17.7 Å². The molecule has 1 aliphatic carbocycles. The van der Waals surface area contributed by atoms with Crippen LogP contribution in [0.5, 0.6) is 0 Å². The van der Waals surface area contributed by atoms with Crippen molar-refractivity contribution in [2.45, 2.75) is 12.3 Å². The van der Waals surface area contributed by atoms with Gasteiger partial charge in [-0.25, -0.2) is 4.79 Å². The number of benzene rings is 1. The summed E-state index contributed by atoms with van der Waals surface area (Å²) >= 11 is 0. The van der Waals surface area contributed by atoms with Crippen molar-refractivity contribution in [1.82, 2.24) is 10.9 Å². The van der Waals surface area contributed by atoms with Gasteiger partial charge in [0.05, 0.1) is 0 Å². The van der Waals surface area contributed by atoms with Gasteiger partial charge in [-0.15, -0.1) is 0 Å².